The second-order valence-corrected chi connectivity index (χ2v) is 7.87. The maximum absolute atomic E-state index is 12.4. The van der Waals surface area contributed by atoms with Gasteiger partial charge in [-0.25, -0.2) is 4.79 Å². The summed E-state index contributed by atoms with van der Waals surface area (Å²) in [5, 5.41) is 2.79. The molecule has 0 saturated carbocycles. The smallest absolute Gasteiger partial charge is 0.339 e. The van der Waals surface area contributed by atoms with Gasteiger partial charge in [-0.3, -0.25) is 4.79 Å². The summed E-state index contributed by atoms with van der Waals surface area (Å²) >= 11 is 0. The summed E-state index contributed by atoms with van der Waals surface area (Å²) in [5.41, 5.74) is 5.17. The Balaban J connectivity index is 1.51. The topological polar surface area (TPSA) is 61.9 Å². The molecule has 0 radical (unpaired) electrons. The molecule has 3 rings (SSSR count). The van der Waals surface area contributed by atoms with Crippen LogP contribution in [0.3, 0.4) is 0 Å². The number of esters is 1. The molecule has 0 spiro atoms. The molecule has 1 amide bonds. The first kappa shape index (κ1) is 21.8. The van der Waals surface area contributed by atoms with E-state index in [9.17, 15) is 9.59 Å². The van der Waals surface area contributed by atoms with Crippen LogP contribution in [0.4, 0.5) is 11.4 Å². The molecule has 0 atom stereocenters. The Labute approximate surface area is 178 Å². The summed E-state index contributed by atoms with van der Waals surface area (Å²) in [6.07, 6.45) is 0. The van der Waals surface area contributed by atoms with E-state index in [0.29, 0.717) is 11.3 Å². The fraction of sp³-hybridized carbons (Fsp3) is 0.417. The van der Waals surface area contributed by atoms with E-state index in [2.05, 4.69) is 22.0 Å². The number of hydrogen-bond donors (Lipinski definition) is 1. The van der Waals surface area contributed by atoms with Gasteiger partial charge in [0.15, 0.2) is 6.61 Å². The maximum Gasteiger partial charge on any atom is 0.339 e. The number of carbonyl (C=O) groups is 2. The van der Waals surface area contributed by atoms with Crippen molar-refractivity contribution in [2.75, 3.05) is 49.5 Å². The zero-order valence-corrected chi connectivity index (χ0v) is 18.3. The summed E-state index contributed by atoms with van der Waals surface area (Å²) in [6, 6.07) is 11.7. The van der Waals surface area contributed by atoms with E-state index < -0.39 is 5.97 Å². The highest BCUT2D eigenvalue weighted by Gasteiger charge is 2.17. The summed E-state index contributed by atoms with van der Waals surface area (Å²) in [5.74, 6) is -0.822. The molecule has 1 aliphatic heterocycles. The zero-order valence-electron chi connectivity index (χ0n) is 18.3. The van der Waals surface area contributed by atoms with Gasteiger partial charge in [0.1, 0.15) is 0 Å². The number of ether oxygens (including phenoxy) is 1. The Bertz CT molecular complexity index is 877. The third-order valence-electron chi connectivity index (χ3n) is 5.55. The molecule has 30 heavy (non-hydrogen) atoms. The first-order chi connectivity index (χ1) is 14.4. The highest BCUT2D eigenvalue weighted by Crippen LogP contribution is 2.20. The second kappa shape index (κ2) is 9.76. The molecule has 1 heterocycles. The molecular formula is C24H31N3O3. The van der Waals surface area contributed by atoms with Gasteiger partial charge in [0.25, 0.3) is 5.91 Å². The zero-order chi connectivity index (χ0) is 21.7. The van der Waals surface area contributed by atoms with Crippen molar-refractivity contribution in [2.24, 2.45) is 0 Å². The van der Waals surface area contributed by atoms with Crippen LogP contribution < -0.4 is 10.2 Å². The number of nitrogens with zero attached hydrogens (tertiary/aromatic N) is 2. The van der Waals surface area contributed by atoms with Gasteiger partial charge in [-0.1, -0.05) is 24.6 Å². The van der Waals surface area contributed by atoms with E-state index >= 15 is 0 Å². The van der Waals surface area contributed by atoms with Crippen LogP contribution in [0.1, 0.15) is 34.0 Å². The van der Waals surface area contributed by atoms with Crippen molar-refractivity contribution in [3.05, 3.63) is 58.7 Å². The Hall–Kier alpha value is -2.86. The van der Waals surface area contributed by atoms with E-state index in [1.54, 1.807) is 0 Å². The first-order valence-electron chi connectivity index (χ1n) is 10.5. The average molecular weight is 410 g/mol. The lowest BCUT2D eigenvalue weighted by Gasteiger charge is -2.35. The summed E-state index contributed by atoms with van der Waals surface area (Å²) in [4.78, 5) is 29.4. The number of amides is 1. The van der Waals surface area contributed by atoms with Crippen molar-refractivity contribution >= 4 is 23.3 Å². The normalized spacial score (nSPS) is 14.5. The van der Waals surface area contributed by atoms with Gasteiger partial charge in [-0.2, -0.15) is 0 Å². The highest BCUT2D eigenvalue weighted by molar-refractivity contribution is 5.97. The number of nitrogens with one attached hydrogen (secondary N) is 1. The minimum Gasteiger partial charge on any atom is -0.452 e. The summed E-state index contributed by atoms with van der Waals surface area (Å²) < 4.78 is 5.24. The van der Waals surface area contributed by atoms with E-state index in [1.165, 1.54) is 0 Å². The predicted octanol–water partition coefficient (Wildman–Crippen LogP) is 3.55. The standard InChI is InChI=1S/C24H31N3O3/c1-5-26-10-12-27(13-11-26)21-8-6-20(7-9-21)25-22(28)16-30-24(29)23-18(3)14-17(2)15-19(23)4/h6-9,14-15H,5,10-13,16H2,1-4H3,(H,25,28). The van der Waals surface area contributed by atoms with Crippen LogP contribution in [0.15, 0.2) is 36.4 Å². The molecule has 1 N–H and O–H groups in total. The molecule has 1 fully saturated rings. The lowest BCUT2D eigenvalue weighted by Crippen LogP contribution is -2.46. The lowest BCUT2D eigenvalue weighted by atomic mass is 10.00. The van der Waals surface area contributed by atoms with E-state index in [1.807, 2.05) is 57.2 Å². The van der Waals surface area contributed by atoms with Gasteiger partial charge in [0.05, 0.1) is 5.56 Å². The van der Waals surface area contributed by atoms with Crippen molar-refractivity contribution in [1.29, 1.82) is 0 Å². The van der Waals surface area contributed by atoms with Crippen molar-refractivity contribution in [3.8, 4) is 0 Å². The fourth-order valence-electron chi connectivity index (χ4n) is 3.98. The van der Waals surface area contributed by atoms with Crippen LogP contribution in [0, 0.1) is 20.8 Å². The van der Waals surface area contributed by atoms with Crippen molar-refractivity contribution in [3.63, 3.8) is 0 Å². The monoisotopic (exact) mass is 409 g/mol. The number of rotatable bonds is 6. The number of piperazine rings is 1. The Morgan fingerprint density at radius 3 is 2.13 bits per heavy atom. The molecule has 0 aliphatic carbocycles. The first-order valence-corrected chi connectivity index (χ1v) is 10.5. The van der Waals surface area contributed by atoms with Gasteiger partial charge in [0.2, 0.25) is 0 Å². The summed E-state index contributed by atoms with van der Waals surface area (Å²) in [7, 11) is 0. The quantitative estimate of drug-likeness (QED) is 0.740. The number of likely N-dealkylation sites (N-methyl/N-ethyl adjacent to an activating group) is 1. The molecule has 1 saturated heterocycles. The average Bonchev–Trinajstić information content (AvgIpc) is 2.72. The molecule has 2 aromatic carbocycles. The third kappa shape index (κ3) is 5.39. The molecule has 2 aromatic rings. The van der Waals surface area contributed by atoms with Crippen LogP contribution in [-0.4, -0.2) is 56.1 Å². The number of hydrogen-bond acceptors (Lipinski definition) is 5. The highest BCUT2D eigenvalue weighted by atomic mass is 16.5. The fourth-order valence-corrected chi connectivity index (χ4v) is 3.98. The lowest BCUT2D eigenvalue weighted by molar-refractivity contribution is -0.119. The SMILES string of the molecule is CCN1CCN(c2ccc(NC(=O)COC(=O)c3c(C)cc(C)cc3C)cc2)CC1. The van der Waals surface area contributed by atoms with E-state index in [0.717, 1.165) is 55.1 Å². The maximum atomic E-state index is 12.4. The number of benzene rings is 2. The van der Waals surface area contributed by atoms with Gasteiger partial charge in [0, 0.05) is 37.6 Å². The molecule has 0 aromatic heterocycles. The van der Waals surface area contributed by atoms with Crippen LogP contribution in [0.5, 0.6) is 0 Å². The van der Waals surface area contributed by atoms with Gasteiger partial charge in [-0.05, 0) is 62.7 Å². The largest absolute Gasteiger partial charge is 0.452 e. The molecule has 0 bridgehead atoms. The number of carbonyl (C=O) groups excluding carboxylic acids is 2. The van der Waals surface area contributed by atoms with Crippen molar-refractivity contribution in [1.82, 2.24) is 4.90 Å². The van der Waals surface area contributed by atoms with Crippen LogP contribution in [0.2, 0.25) is 0 Å². The van der Waals surface area contributed by atoms with Gasteiger partial charge in [-0.15, -0.1) is 0 Å². The van der Waals surface area contributed by atoms with Crippen molar-refractivity contribution < 1.29 is 14.3 Å². The molecule has 0 unspecified atom stereocenters. The van der Waals surface area contributed by atoms with E-state index in [-0.39, 0.29) is 12.5 Å². The Morgan fingerprint density at radius 2 is 1.57 bits per heavy atom. The number of aryl methyl sites for hydroxylation is 3. The van der Waals surface area contributed by atoms with E-state index in [4.69, 9.17) is 4.74 Å². The molecular weight excluding hydrogens is 378 g/mol. The van der Waals surface area contributed by atoms with Crippen molar-refractivity contribution in [2.45, 2.75) is 27.7 Å². The minimum absolute atomic E-state index is 0.313. The predicted molar refractivity (Wildman–Crippen MR) is 120 cm³/mol. The van der Waals surface area contributed by atoms with Gasteiger partial charge >= 0.3 is 5.97 Å². The van der Waals surface area contributed by atoms with Crippen LogP contribution >= 0.6 is 0 Å². The van der Waals surface area contributed by atoms with Gasteiger partial charge < -0.3 is 19.9 Å². The van der Waals surface area contributed by atoms with Crippen LogP contribution in [-0.2, 0) is 9.53 Å². The Morgan fingerprint density at radius 1 is 0.967 bits per heavy atom. The van der Waals surface area contributed by atoms with Crippen LogP contribution in [0.25, 0.3) is 0 Å². The molecule has 160 valence electrons. The second-order valence-electron chi connectivity index (χ2n) is 7.87. The minimum atomic E-state index is -0.471. The molecule has 6 nitrogen and oxygen atoms in total. The third-order valence-corrected chi connectivity index (χ3v) is 5.55. The molecule has 1 aliphatic rings. The molecule has 6 heteroatoms. The Kier molecular flexibility index (Phi) is 7.11. The summed E-state index contributed by atoms with van der Waals surface area (Å²) in [6.45, 7) is 12.9. The number of anilines is 2.